The topological polar surface area (TPSA) is 26.3 Å². The Morgan fingerprint density at radius 3 is 2.21 bits per heavy atom. The Hall–Kier alpha value is -1.31. The Morgan fingerprint density at radius 1 is 1.14 bits per heavy atom. The van der Waals surface area contributed by atoms with Crippen LogP contribution in [0.3, 0.4) is 0 Å². The highest BCUT2D eigenvalue weighted by atomic mass is 16.5. The van der Waals surface area contributed by atoms with Gasteiger partial charge in [0.2, 0.25) is 0 Å². The van der Waals surface area contributed by atoms with Crippen molar-refractivity contribution < 1.29 is 9.53 Å². The number of carbonyl (C=O) groups is 1. The highest BCUT2D eigenvalue weighted by molar-refractivity contribution is 5.74. The minimum atomic E-state index is -0.161. The van der Waals surface area contributed by atoms with Crippen molar-refractivity contribution in [2.75, 3.05) is 0 Å². The molecule has 0 radical (unpaired) electrons. The van der Waals surface area contributed by atoms with Gasteiger partial charge in [0.05, 0.1) is 5.92 Å². The van der Waals surface area contributed by atoms with E-state index in [1.165, 1.54) is 0 Å². The normalized spacial score (nSPS) is 12.6. The number of ether oxygens (including phenoxy) is 1. The first-order valence-corrected chi connectivity index (χ1v) is 4.88. The third-order valence-electron chi connectivity index (χ3n) is 2.33. The maximum atomic E-state index is 11.5. The summed E-state index contributed by atoms with van der Waals surface area (Å²) in [5.41, 5.74) is 0. The first-order chi connectivity index (χ1) is 6.61. The molecule has 0 aliphatic heterocycles. The molecule has 2 nitrogen and oxygen atoms in total. The highest BCUT2D eigenvalue weighted by Crippen LogP contribution is 2.15. The zero-order valence-corrected chi connectivity index (χ0v) is 8.86. The van der Waals surface area contributed by atoms with E-state index in [0.29, 0.717) is 11.7 Å². The molecule has 0 heterocycles. The average Bonchev–Trinajstić information content (AvgIpc) is 2.18. The van der Waals surface area contributed by atoms with Crippen molar-refractivity contribution in [1.29, 1.82) is 0 Å². The Kier molecular flexibility index (Phi) is 3.69. The average molecular weight is 192 g/mol. The SMILES string of the molecule is CC(C)C(C)C(=O)Oc1ccccc1. The molecule has 0 aliphatic rings. The summed E-state index contributed by atoms with van der Waals surface area (Å²) >= 11 is 0. The van der Waals surface area contributed by atoms with Gasteiger partial charge < -0.3 is 4.74 Å². The number of benzene rings is 1. The molecule has 0 aliphatic carbocycles. The van der Waals surface area contributed by atoms with Crippen LogP contribution in [0.1, 0.15) is 20.8 Å². The van der Waals surface area contributed by atoms with E-state index in [9.17, 15) is 4.79 Å². The molecule has 0 saturated carbocycles. The van der Waals surface area contributed by atoms with Crippen molar-refractivity contribution in [3.8, 4) is 5.75 Å². The second-order valence-electron chi connectivity index (χ2n) is 3.77. The van der Waals surface area contributed by atoms with Gasteiger partial charge in [-0.2, -0.15) is 0 Å². The van der Waals surface area contributed by atoms with Crippen molar-refractivity contribution >= 4 is 5.97 Å². The van der Waals surface area contributed by atoms with Gasteiger partial charge in [0, 0.05) is 0 Å². The lowest BCUT2D eigenvalue weighted by molar-refractivity contribution is -0.139. The monoisotopic (exact) mass is 192 g/mol. The quantitative estimate of drug-likeness (QED) is 0.543. The van der Waals surface area contributed by atoms with Crippen LogP contribution in [-0.2, 0) is 4.79 Å². The largest absolute Gasteiger partial charge is 0.426 e. The van der Waals surface area contributed by atoms with Crippen LogP contribution in [0.2, 0.25) is 0 Å². The molecular formula is C12H16O2. The van der Waals surface area contributed by atoms with Gasteiger partial charge in [-0.1, -0.05) is 39.0 Å². The molecule has 1 aromatic rings. The third-order valence-corrected chi connectivity index (χ3v) is 2.33. The molecule has 0 fully saturated rings. The van der Waals surface area contributed by atoms with E-state index in [0.717, 1.165) is 0 Å². The minimum absolute atomic E-state index is 0.0600. The number of para-hydroxylation sites is 1. The summed E-state index contributed by atoms with van der Waals surface area (Å²) in [5.74, 6) is 0.706. The van der Waals surface area contributed by atoms with Crippen LogP contribution in [0.5, 0.6) is 5.75 Å². The molecule has 1 atom stereocenters. The summed E-state index contributed by atoms with van der Waals surface area (Å²) in [6.07, 6.45) is 0. The van der Waals surface area contributed by atoms with Gasteiger partial charge in [0.15, 0.2) is 0 Å². The van der Waals surface area contributed by atoms with E-state index in [-0.39, 0.29) is 11.9 Å². The van der Waals surface area contributed by atoms with Crippen molar-refractivity contribution in [1.82, 2.24) is 0 Å². The Balaban J connectivity index is 2.58. The van der Waals surface area contributed by atoms with Gasteiger partial charge in [-0.05, 0) is 18.1 Å². The first kappa shape index (κ1) is 10.8. The summed E-state index contributed by atoms with van der Waals surface area (Å²) in [4.78, 5) is 11.5. The van der Waals surface area contributed by atoms with Crippen molar-refractivity contribution in [3.05, 3.63) is 30.3 Å². The smallest absolute Gasteiger partial charge is 0.314 e. The summed E-state index contributed by atoms with van der Waals surface area (Å²) < 4.78 is 5.20. The molecule has 1 unspecified atom stereocenters. The van der Waals surface area contributed by atoms with Gasteiger partial charge >= 0.3 is 5.97 Å². The van der Waals surface area contributed by atoms with Crippen LogP contribution >= 0.6 is 0 Å². The Morgan fingerprint density at radius 2 is 1.71 bits per heavy atom. The molecule has 76 valence electrons. The fraction of sp³-hybridized carbons (Fsp3) is 0.417. The number of carbonyl (C=O) groups excluding carboxylic acids is 1. The van der Waals surface area contributed by atoms with E-state index in [4.69, 9.17) is 4.74 Å². The van der Waals surface area contributed by atoms with Crippen LogP contribution in [-0.4, -0.2) is 5.97 Å². The van der Waals surface area contributed by atoms with Gasteiger partial charge in [0.25, 0.3) is 0 Å². The number of hydrogen-bond acceptors (Lipinski definition) is 2. The minimum Gasteiger partial charge on any atom is -0.426 e. The Labute approximate surface area is 84.9 Å². The highest BCUT2D eigenvalue weighted by Gasteiger charge is 2.18. The maximum absolute atomic E-state index is 11.5. The van der Waals surface area contributed by atoms with E-state index in [1.54, 1.807) is 12.1 Å². The standard InChI is InChI=1S/C12H16O2/c1-9(2)10(3)12(13)14-11-7-5-4-6-8-11/h4-10H,1-3H3. The second kappa shape index (κ2) is 4.80. The van der Waals surface area contributed by atoms with Gasteiger partial charge in [-0.3, -0.25) is 4.79 Å². The third kappa shape index (κ3) is 2.87. The van der Waals surface area contributed by atoms with Crippen LogP contribution in [0.25, 0.3) is 0 Å². The lowest BCUT2D eigenvalue weighted by atomic mass is 9.99. The van der Waals surface area contributed by atoms with Gasteiger partial charge in [0.1, 0.15) is 5.75 Å². The molecular weight excluding hydrogens is 176 g/mol. The fourth-order valence-electron chi connectivity index (χ4n) is 0.970. The lowest BCUT2D eigenvalue weighted by Crippen LogP contribution is -2.22. The van der Waals surface area contributed by atoms with Gasteiger partial charge in [-0.25, -0.2) is 0 Å². The Bertz CT molecular complexity index is 290. The number of hydrogen-bond donors (Lipinski definition) is 0. The number of rotatable bonds is 3. The van der Waals surface area contributed by atoms with Gasteiger partial charge in [-0.15, -0.1) is 0 Å². The van der Waals surface area contributed by atoms with Crippen LogP contribution < -0.4 is 4.74 Å². The van der Waals surface area contributed by atoms with E-state index in [1.807, 2.05) is 39.0 Å². The maximum Gasteiger partial charge on any atom is 0.314 e. The molecule has 2 heteroatoms. The molecule has 1 aromatic carbocycles. The molecule has 0 aromatic heterocycles. The predicted molar refractivity (Wildman–Crippen MR) is 56.1 cm³/mol. The summed E-state index contributed by atoms with van der Waals surface area (Å²) in [7, 11) is 0. The molecule has 1 rings (SSSR count). The summed E-state index contributed by atoms with van der Waals surface area (Å²) in [6, 6.07) is 9.16. The molecule has 0 saturated heterocycles. The molecule has 0 amide bonds. The van der Waals surface area contributed by atoms with Crippen molar-refractivity contribution in [3.63, 3.8) is 0 Å². The molecule has 0 bridgehead atoms. The zero-order valence-electron chi connectivity index (χ0n) is 8.86. The summed E-state index contributed by atoms with van der Waals surface area (Å²) in [6.45, 7) is 5.91. The molecule has 0 spiro atoms. The van der Waals surface area contributed by atoms with E-state index >= 15 is 0 Å². The fourth-order valence-corrected chi connectivity index (χ4v) is 0.970. The lowest BCUT2D eigenvalue weighted by Gasteiger charge is -2.13. The molecule has 0 N–H and O–H groups in total. The first-order valence-electron chi connectivity index (χ1n) is 4.88. The second-order valence-corrected chi connectivity index (χ2v) is 3.77. The predicted octanol–water partition coefficient (Wildman–Crippen LogP) is 2.88. The van der Waals surface area contributed by atoms with Crippen molar-refractivity contribution in [2.45, 2.75) is 20.8 Å². The van der Waals surface area contributed by atoms with Crippen LogP contribution in [0.4, 0.5) is 0 Å². The van der Waals surface area contributed by atoms with Crippen LogP contribution in [0, 0.1) is 11.8 Å². The molecule has 14 heavy (non-hydrogen) atoms. The van der Waals surface area contributed by atoms with E-state index in [2.05, 4.69) is 0 Å². The zero-order chi connectivity index (χ0) is 10.6. The van der Waals surface area contributed by atoms with Crippen molar-refractivity contribution in [2.24, 2.45) is 11.8 Å². The van der Waals surface area contributed by atoms with E-state index < -0.39 is 0 Å². The number of esters is 1. The summed E-state index contributed by atoms with van der Waals surface area (Å²) in [5, 5.41) is 0. The van der Waals surface area contributed by atoms with Crippen LogP contribution in [0.15, 0.2) is 30.3 Å².